The third-order valence-electron chi connectivity index (χ3n) is 2.66. The number of hydrogen-bond donors (Lipinski definition) is 1. The largest absolute Gasteiger partial charge is 0.361 e. The fourth-order valence-corrected chi connectivity index (χ4v) is 1.76. The lowest BCUT2D eigenvalue weighted by atomic mass is 10.0. The Hall–Kier alpha value is -1.69. The second-order valence-electron chi connectivity index (χ2n) is 4.71. The Bertz CT molecular complexity index is 504. The molecule has 0 aromatic carbocycles. The summed E-state index contributed by atoms with van der Waals surface area (Å²) in [5.41, 5.74) is 0.870. The van der Waals surface area contributed by atoms with Gasteiger partial charge in [-0.15, -0.1) is 0 Å². The van der Waals surface area contributed by atoms with Crippen molar-refractivity contribution in [2.75, 3.05) is 0 Å². The van der Waals surface area contributed by atoms with Crippen LogP contribution in [-0.4, -0.2) is 15.3 Å². The predicted molar refractivity (Wildman–Crippen MR) is 64.7 cm³/mol. The zero-order valence-electron chi connectivity index (χ0n) is 11.1. The molecule has 2 heterocycles. The van der Waals surface area contributed by atoms with Gasteiger partial charge in [0, 0.05) is 12.6 Å². The van der Waals surface area contributed by atoms with E-state index in [0.29, 0.717) is 24.2 Å². The Labute approximate surface area is 106 Å². The van der Waals surface area contributed by atoms with Crippen molar-refractivity contribution in [3.63, 3.8) is 0 Å². The Balaban J connectivity index is 2.03. The molecule has 0 radical (unpaired) electrons. The summed E-state index contributed by atoms with van der Waals surface area (Å²) in [4.78, 5) is 4.27. The molecule has 18 heavy (non-hydrogen) atoms. The number of nitrogens with one attached hydrogen (secondary N) is 1. The second-order valence-corrected chi connectivity index (χ2v) is 4.71. The van der Waals surface area contributed by atoms with Crippen LogP contribution >= 0.6 is 0 Å². The van der Waals surface area contributed by atoms with Crippen LogP contribution in [-0.2, 0) is 6.54 Å². The first-order chi connectivity index (χ1) is 8.56. The average Bonchev–Trinajstić information content (AvgIpc) is 2.88. The second kappa shape index (κ2) is 5.30. The number of rotatable bonds is 5. The normalized spacial score (nSPS) is 13.2. The average molecular weight is 250 g/mol. The van der Waals surface area contributed by atoms with Crippen molar-refractivity contribution >= 4 is 0 Å². The van der Waals surface area contributed by atoms with Gasteiger partial charge in [0.2, 0.25) is 5.89 Å². The van der Waals surface area contributed by atoms with Crippen molar-refractivity contribution in [3.8, 4) is 0 Å². The third kappa shape index (κ3) is 2.95. The first kappa shape index (κ1) is 12.8. The highest BCUT2D eigenvalue weighted by Gasteiger charge is 2.21. The molecule has 0 saturated heterocycles. The number of nitrogens with zero attached hydrogens (tertiary/aromatic N) is 3. The molecule has 1 atom stereocenters. The monoisotopic (exact) mass is 250 g/mol. The Kier molecular flexibility index (Phi) is 3.76. The maximum Gasteiger partial charge on any atom is 0.244 e. The molecular formula is C12H18N4O2. The summed E-state index contributed by atoms with van der Waals surface area (Å²) in [6.45, 7) is 8.50. The molecule has 6 heteroatoms. The van der Waals surface area contributed by atoms with Gasteiger partial charge in [-0.2, -0.15) is 4.98 Å². The Morgan fingerprint density at radius 1 is 1.22 bits per heavy atom. The lowest BCUT2D eigenvalue weighted by molar-refractivity contribution is 0.284. The van der Waals surface area contributed by atoms with Crippen LogP contribution < -0.4 is 5.32 Å². The zero-order chi connectivity index (χ0) is 13.1. The molecule has 6 nitrogen and oxygen atoms in total. The molecule has 0 amide bonds. The summed E-state index contributed by atoms with van der Waals surface area (Å²) in [6.07, 6.45) is 0. The minimum atomic E-state index is 0.0169. The molecule has 0 spiro atoms. The van der Waals surface area contributed by atoms with Crippen LogP contribution in [0.3, 0.4) is 0 Å². The van der Waals surface area contributed by atoms with Gasteiger partial charge in [-0.1, -0.05) is 24.2 Å². The molecule has 2 aromatic rings. The standard InChI is InChI=1S/C12H18N4O2/c1-7(2)11(12-14-9(4)15-18-12)13-6-10-5-8(3)17-16-10/h5,7,11,13H,6H2,1-4H3. The van der Waals surface area contributed by atoms with Gasteiger partial charge in [-0.05, 0) is 19.8 Å². The van der Waals surface area contributed by atoms with Gasteiger partial charge in [0.05, 0.1) is 11.7 Å². The van der Waals surface area contributed by atoms with Crippen molar-refractivity contribution in [1.82, 2.24) is 20.6 Å². The molecule has 0 aliphatic rings. The summed E-state index contributed by atoms with van der Waals surface area (Å²) in [7, 11) is 0. The van der Waals surface area contributed by atoms with Gasteiger partial charge in [0.15, 0.2) is 5.82 Å². The van der Waals surface area contributed by atoms with Gasteiger partial charge in [0.25, 0.3) is 0 Å². The van der Waals surface area contributed by atoms with E-state index < -0.39 is 0 Å². The molecule has 2 rings (SSSR count). The van der Waals surface area contributed by atoms with E-state index in [1.54, 1.807) is 0 Å². The highest BCUT2D eigenvalue weighted by atomic mass is 16.5. The lowest BCUT2D eigenvalue weighted by Crippen LogP contribution is -2.25. The maximum absolute atomic E-state index is 5.21. The minimum absolute atomic E-state index is 0.0169. The summed E-state index contributed by atoms with van der Waals surface area (Å²) >= 11 is 0. The summed E-state index contributed by atoms with van der Waals surface area (Å²) in [6, 6.07) is 1.92. The van der Waals surface area contributed by atoms with Gasteiger partial charge < -0.3 is 9.05 Å². The molecule has 0 fully saturated rings. The van der Waals surface area contributed by atoms with E-state index in [1.807, 2.05) is 19.9 Å². The van der Waals surface area contributed by atoms with E-state index in [1.165, 1.54) is 0 Å². The molecule has 2 aromatic heterocycles. The molecule has 0 saturated carbocycles. The smallest absolute Gasteiger partial charge is 0.244 e. The third-order valence-corrected chi connectivity index (χ3v) is 2.66. The van der Waals surface area contributed by atoms with Crippen LogP contribution in [0.4, 0.5) is 0 Å². The minimum Gasteiger partial charge on any atom is -0.361 e. The van der Waals surface area contributed by atoms with Crippen molar-refractivity contribution in [2.45, 2.75) is 40.3 Å². The van der Waals surface area contributed by atoms with Crippen LogP contribution in [0.25, 0.3) is 0 Å². The van der Waals surface area contributed by atoms with Gasteiger partial charge in [-0.3, -0.25) is 5.32 Å². The lowest BCUT2D eigenvalue weighted by Gasteiger charge is -2.17. The van der Waals surface area contributed by atoms with E-state index in [4.69, 9.17) is 9.05 Å². The van der Waals surface area contributed by atoms with Crippen molar-refractivity contribution in [3.05, 3.63) is 29.2 Å². The fraction of sp³-hybridized carbons (Fsp3) is 0.583. The predicted octanol–water partition coefficient (Wildman–Crippen LogP) is 2.16. The van der Waals surface area contributed by atoms with Gasteiger partial charge >= 0.3 is 0 Å². The molecular weight excluding hydrogens is 232 g/mol. The number of hydrogen-bond acceptors (Lipinski definition) is 6. The van der Waals surface area contributed by atoms with Crippen LogP contribution in [0.2, 0.25) is 0 Å². The van der Waals surface area contributed by atoms with Crippen LogP contribution in [0.5, 0.6) is 0 Å². The topological polar surface area (TPSA) is 77.0 Å². The highest BCUT2D eigenvalue weighted by Crippen LogP contribution is 2.20. The Morgan fingerprint density at radius 2 is 2.00 bits per heavy atom. The van der Waals surface area contributed by atoms with Crippen LogP contribution in [0.15, 0.2) is 15.1 Å². The summed E-state index contributed by atoms with van der Waals surface area (Å²) in [5, 5.41) is 11.1. The summed E-state index contributed by atoms with van der Waals surface area (Å²) < 4.78 is 10.2. The Morgan fingerprint density at radius 3 is 2.50 bits per heavy atom. The van der Waals surface area contributed by atoms with E-state index in [9.17, 15) is 0 Å². The summed E-state index contributed by atoms with van der Waals surface area (Å²) in [5.74, 6) is 2.41. The van der Waals surface area contributed by atoms with Crippen molar-refractivity contribution in [2.24, 2.45) is 5.92 Å². The van der Waals surface area contributed by atoms with E-state index >= 15 is 0 Å². The van der Waals surface area contributed by atoms with E-state index in [2.05, 4.69) is 34.5 Å². The molecule has 98 valence electrons. The van der Waals surface area contributed by atoms with Crippen molar-refractivity contribution < 1.29 is 9.05 Å². The van der Waals surface area contributed by atoms with Crippen LogP contribution in [0, 0.1) is 19.8 Å². The number of aromatic nitrogens is 3. The maximum atomic E-state index is 5.21. The first-order valence-corrected chi connectivity index (χ1v) is 6.02. The van der Waals surface area contributed by atoms with E-state index in [0.717, 1.165) is 11.5 Å². The molecule has 0 aliphatic carbocycles. The van der Waals surface area contributed by atoms with Gasteiger partial charge in [0.1, 0.15) is 5.76 Å². The molecule has 0 aliphatic heterocycles. The zero-order valence-corrected chi connectivity index (χ0v) is 11.1. The van der Waals surface area contributed by atoms with Crippen LogP contribution in [0.1, 0.15) is 43.1 Å². The first-order valence-electron chi connectivity index (χ1n) is 6.02. The quantitative estimate of drug-likeness (QED) is 0.876. The van der Waals surface area contributed by atoms with Gasteiger partial charge in [-0.25, -0.2) is 0 Å². The fourth-order valence-electron chi connectivity index (χ4n) is 1.76. The number of aryl methyl sites for hydroxylation is 2. The molecule has 1 N–H and O–H groups in total. The van der Waals surface area contributed by atoms with E-state index in [-0.39, 0.29) is 6.04 Å². The molecule has 0 bridgehead atoms. The van der Waals surface area contributed by atoms with Crippen molar-refractivity contribution in [1.29, 1.82) is 0 Å². The highest BCUT2D eigenvalue weighted by molar-refractivity contribution is 5.04. The SMILES string of the molecule is Cc1noc(C(NCc2cc(C)on2)C(C)C)n1. The molecule has 1 unspecified atom stereocenters.